The number of hydrogen-bond donors (Lipinski definition) is 0. The van der Waals surface area contributed by atoms with Crippen molar-refractivity contribution in [3.8, 4) is 0 Å². The monoisotopic (exact) mass is 1750 g/mol. The molecule has 15 atom stereocenters. The Bertz CT molecular complexity index is 3640. The van der Waals surface area contributed by atoms with Gasteiger partial charge < -0.3 is 4.74 Å². The molecule has 1 aromatic carbocycles. The normalized spacial score (nSPS) is 45.6. The molecule has 2 nitrogen and oxygen atoms in total. The number of hydrogen-bond acceptors (Lipinski definition) is 2. The summed E-state index contributed by atoms with van der Waals surface area (Å²) < 4.78 is 71.5. The molecule has 26 aliphatic rings. The highest BCUT2D eigenvalue weighted by Gasteiger charge is 2.70. The molecule has 0 N–H and O–H groups in total. The van der Waals surface area contributed by atoms with E-state index in [1.54, 1.807) is 12.8 Å². The molecule has 25 fully saturated rings. The lowest BCUT2D eigenvalue weighted by Gasteiger charge is -2.67. The van der Waals surface area contributed by atoms with E-state index >= 15 is 0 Å². The highest BCUT2D eigenvalue weighted by atomic mass is 35.5. The van der Waals surface area contributed by atoms with Gasteiger partial charge in [0.1, 0.15) is 0 Å². The van der Waals surface area contributed by atoms with Gasteiger partial charge in [0.15, 0.2) is 0 Å². The maximum absolute atomic E-state index is 14.2. The smallest absolute Gasteiger partial charge is 0.378 e. The first-order valence-corrected chi connectivity index (χ1v) is 53.8. The number of nitrogens with zero attached hydrogens (tertiary/aromatic N) is 1. The van der Waals surface area contributed by atoms with Crippen LogP contribution in [0.2, 0.25) is 0 Å². The molecule has 1 aliphatic heterocycles. The number of methoxy groups -OCH3 is 1. The summed E-state index contributed by atoms with van der Waals surface area (Å²) in [6.45, 7) is 57.4. The Morgan fingerprint density at radius 1 is 0.472 bits per heavy atom. The Balaban J connectivity index is 0.000000115. The SMILES string of the molecule is CC(C)C12CC3CC(C)(CC(C)(C3)C1)C2.CC(C)C12CC3CC(CC(Cl)(C3)C1)C2.CC(C)C12CCCCC1C2.CC(C)C1C2CC3CC(C2)CC1(Cl)C3.CC(C)CCCCC12CCC(C(C)(C)C)(CC1)CC2.CC(C)c1ccc2c(c1)CCN(CC(F)(F)F)C2.CC12CC3CC(C(C)(C)C)(CC(C1)C3(F)F)C2.COC12CC3CC(C)(C1)CC(C(C)C)(C3)C2. The molecule has 1 heterocycles. The van der Waals surface area contributed by atoms with Crippen LogP contribution in [-0.4, -0.2) is 52.5 Å². The van der Waals surface area contributed by atoms with Crippen molar-refractivity contribution in [3.05, 3.63) is 34.9 Å². The minimum Gasteiger partial charge on any atom is -0.378 e. The summed E-state index contributed by atoms with van der Waals surface area (Å²) >= 11 is 13.7. The van der Waals surface area contributed by atoms with Gasteiger partial charge in [-0.3, -0.25) is 4.90 Å². The van der Waals surface area contributed by atoms with Crippen molar-refractivity contribution in [2.75, 3.05) is 20.2 Å². The van der Waals surface area contributed by atoms with Crippen LogP contribution in [0.4, 0.5) is 22.0 Å². The van der Waals surface area contributed by atoms with Gasteiger partial charge in [0.2, 0.25) is 0 Å². The van der Waals surface area contributed by atoms with Crippen molar-refractivity contribution in [2.45, 2.75) is 489 Å². The summed E-state index contributed by atoms with van der Waals surface area (Å²) in [6.07, 6.45) is 56.7. The molecule has 0 saturated heterocycles. The van der Waals surface area contributed by atoms with Gasteiger partial charge in [-0.2, -0.15) is 13.2 Å². The second-order valence-electron chi connectivity index (χ2n) is 56.3. The summed E-state index contributed by atoms with van der Waals surface area (Å²) in [6, 6.07) is 6.15. The number of benzene rings is 1. The summed E-state index contributed by atoms with van der Waals surface area (Å²) in [4.78, 5) is 1.90. The Kier molecular flexibility index (Phi) is 27.9. The van der Waals surface area contributed by atoms with Gasteiger partial charge in [-0.25, -0.2) is 8.78 Å². The lowest BCUT2D eigenvalue weighted by atomic mass is 9.38. The molecule has 0 aromatic heterocycles. The zero-order chi connectivity index (χ0) is 89.8. The highest BCUT2D eigenvalue weighted by Crippen LogP contribution is 2.76. The van der Waals surface area contributed by atoms with Gasteiger partial charge in [-0.1, -0.05) is 216 Å². The number of ether oxygens (including phenoxy) is 1. The van der Waals surface area contributed by atoms with E-state index < -0.39 is 18.6 Å². The second kappa shape index (κ2) is 34.9. The number of unbranched alkanes of at least 4 members (excludes halogenated alkanes) is 1. The van der Waals surface area contributed by atoms with Crippen LogP contribution >= 0.6 is 23.2 Å². The van der Waals surface area contributed by atoms with Gasteiger partial charge >= 0.3 is 6.18 Å². The summed E-state index contributed by atoms with van der Waals surface area (Å²) in [5.74, 6) is 11.5. The first-order valence-electron chi connectivity index (χ1n) is 53.0. The molecule has 25 aliphatic carbocycles. The van der Waals surface area contributed by atoms with E-state index in [1.807, 2.05) is 19.2 Å². The lowest BCUT2D eigenvalue weighted by molar-refractivity contribution is -0.267. The van der Waals surface area contributed by atoms with Crippen molar-refractivity contribution < 1.29 is 26.7 Å². The molecule has 25 saturated carbocycles. The predicted octanol–water partition coefficient (Wildman–Crippen LogP) is 35.4. The fourth-order valence-corrected chi connectivity index (χ4v) is 39.0. The van der Waals surface area contributed by atoms with Gasteiger partial charge in [0, 0.05) is 41.8 Å². The van der Waals surface area contributed by atoms with Crippen molar-refractivity contribution >= 4 is 23.2 Å². The third-order valence-corrected chi connectivity index (χ3v) is 43.4. The van der Waals surface area contributed by atoms with Crippen molar-refractivity contribution in [3.63, 3.8) is 0 Å². The molecule has 0 amide bonds. The van der Waals surface area contributed by atoms with E-state index in [1.165, 1.54) is 254 Å². The molecule has 0 spiro atoms. The molecule has 9 heteroatoms. The average molecular weight is 1760 g/mol. The molecule has 0 radical (unpaired) electrons. The maximum atomic E-state index is 14.2. The largest absolute Gasteiger partial charge is 0.401 e. The van der Waals surface area contributed by atoms with Crippen LogP contribution in [0.5, 0.6) is 0 Å². The Morgan fingerprint density at radius 2 is 0.992 bits per heavy atom. The zero-order valence-corrected chi connectivity index (χ0v) is 85.9. The molecule has 27 rings (SSSR count). The van der Waals surface area contributed by atoms with Crippen molar-refractivity contribution in [1.29, 1.82) is 0 Å². The van der Waals surface area contributed by atoms with E-state index in [2.05, 4.69) is 172 Å². The van der Waals surface area contributed by atoms with Crippen molar-refractivity contribution in [2.24, 2.45) is 171 Å². The topological polar surface area (TPSA) is 12.5 Å². The average Bonchev–Trinajstić information content (AvgIpc) is 1.33. The zero-order valence-electron chi connectivity index (χ0n) is 84.4. The van der Waals surface area contributed by atoms with Gasteiger partial charge in [-0.05, 0) is 432 Å². The first kappa shape index (κ1) is 98.4. The molecule has 123 heavy (non-hydrogen) atoms. The molecule has 1 aromatic rings. The highest BCUT2D eigenvalue weighted by molar-refractivity contribution is 6.24. The quantitative estimate of drug-likeness (QED) is 0.111. The number of alkyl halides is 7. The molecular weight excluding hydrogens is 1570 g/mol. The van der Waals surface area contributed by atoms with Crippen LogP contribution in [-0.2, 0) is 17.7 Å². The third kappa shape index (κ3) is 20.4. The first-order chi connectivity index (χ1) is 56.8. The van der Waals surface area contributed by atoms with Gasteiger partial charge in [0.05, 0.1) is 12.1 Å². The minimum atomic E-state index is -4.10. The fourth-order valence-electron chi connectivity index (χ4n) is 37.4. The van der Waals surface area contributed by atoms with E-state index in [-0.39, 0.29) is 43.4 Å². The second-order valence-corrected chi connectivity index (χ2v) is 57.8. The molecule has 15 unspecified atom stereocenters. The van der Waals surface area contributed by atoms with Crippen LogP contribution < -0.4 is 0 Å². The van der Waals surface area contributed by atoms with E-state index in [4.69, 9.17) is 27.9 Å². The summed E-state index contributed by atoms with van der Waals surface area (Å²) in [5.41, 5.74) is 11.1. The Labute approximate surface area is 764 Å². The standard InChI is InChI=1S/C19H36.C15H24F2.C15H26O.C15H26.C14H18F3N.2C13H21Cl.C10H18/c1-16(2)8-6-7-9-18-10-13-19(14-11-18,15-12-18)17(3,4)5;1-12(2,3)14-7-10-5-13(4,9-14)6-11(8-14)15(10,16)17;1-11(2)14-6-12-5-13(3,8-14)9-15(7-12,10-14)16-4;1-11(2)15-7-12-5-13(3,9-15)8-14(4,6-12)10-15;1-10(2)11-3-4-13-8-18(9-14(15,16)17)6-5-12(13)7-11;1-9(2)12-4-10-3-11(5-12)7-13(14,6-10)8-12;1-8(2)12-11-4-9-3-10(5-11)7-13(12,14)6-9;1-8(2)10-6-4-3-5-9(10)7-10/h16H,6-15H2,1-5H3;10-11H,5-9H2,1-4H3;11-12H,5-10H2,1-4H3;11-12H,5-10H2,1-4H3;3-4,7,10H,5-6,8-9H2,1-2H3;9-11H,3-8H2,1-2H3;8-12H,3-7H2,1-2H3;8-9H,3-7H2,1-2H3. The molecule has 706 valence electrons. The van der Waals surface area contributed by atoms with E-state index in [0.717, 1.165) is 136 Å². The molecular formula is C114H190Cl2F5NO. The number of fused-ring (bicyclic) bond motifs is 5. The fraction of sp³-hybridized carbons (Fsp3) is 0.947. The van der Waals surface area contributed by atoms with Crippen LogP contribution in [0.1, 0.15) is 465 Å². The predicted molar refractivity (Wildman–Crippen MR) is 512 cm³/mol. The summed E-state index contributed by atoms with van der Waals surface area (Å²) in [5, 5.41) is 0. The lowest BCUT2D eigenvalue weighted by Crippen LogP contribution is -2.63. The van der Waals surface area contributed by atoms with Crippen LogP contribution in [0, 0.1) is 171 Å². The number of halogens is 7. The van der Waals surface area contributed by atoms with Crippen LogP contribution in [0.15, 0.2) is 18.2 Å². The van der Waals surface area contributed by atoms with Gasteiger partial charge in [-0.15, -0.1) is 23.2 Å². The van der Waals surface area contributed by atoms with Crippen molar-refractivity contribution in [1.82, 2.24) is 4.90 Å². The summed E-state index contributed by atoms with van der Waals surface area (Å²) in [7, 11) is 1.95. The molecule has 22 bridgehead atoms. The Hall–Kier alpha value is -0.630. The van der Waals surface area contributed by atoms with E-state index in [9.17, 15) is 22.0 Å². The van der Waals surface area contributed by atoms with Crippen LogP contribution in [0.3, 0.4) is 0 Å². The Morgan fingerprint density at radius 3 is 1.44 bits per heavy atom. The van der Waals surface area contributed by atoms with E-state index in [0.29, 0.717) is 63.3 Å². The maximum Gasteiger partial charge on any atom is 0.401 e. The minimum absolute atomic E-state index is 0.169. The third-order valence-electron chi connectivity index (χ3n) is 42.4. The van der Waals surface area contributed by atoms with Crippen LogP contribution in [0.25, 0.3) is 0 Å². The number of rotatable bonds is 13. The van der Waals surface area contributed by atoms with Gasteiger partial charge in [0.25, 0.3) is 5.92 Å².